The minimum absolute atomic E-state index is 0.0113. The van der Waals surface area contributed by atoms with E-state index in [-0.39, 0.29) is 34.5 Å². The maximum absolute atomic E-state index is 13.3. The summed E-state index contributed by atoms with van der Waals surface area (Å²) >= 11 is 0. The molecule has 2 fully saturated rings. The van der Waals surface area contributed by atoms with E-state index >= 15 is 0 Å². The van der Waals surface area contributed by atoms with Crippen molar-refractivity contribution in [3.05, 3.63) is 58.4 Å². The second-order valence-corrected chi connectivity index (χ2v) is 9.55. The van der Waals surface area contributed by atoms with Crippen LogP contribution in [0, 0.1) is 0 Å². The Morgan fingerprint density at radius 1 is 0.846 bits per heavy atom. The lowest BCUT2D eigenvalue weighted by molar-refractivity contribution is -0.291. The summed E-state index contributed by atoms with van der Waals surface area (Å²) in [5.41, 5.74) is -0.120. The van der Waals surface area contributed by atoms with E-state index in [1.54, 1.807) is 0 Å². The molecule has 2 aliphatic heterocycles. The quantitative estimate of drug-likeness (QED) is 0.189. The number of phenolic OH excluding ortho intramolecular Hbond substituents is 2. The Bertz CT molecular complexity index is 1370. The van der Waals surface area contributed by atoms with Crippen LogP contribution >= 0.6 is 0 Å². The number of rotatable bonds is 5. The molecular formula is C26H28O13. The molecule has 1 aromatic heterocycles. The highest BCUT2D eigenvalue weighted by molar-refractivity contribution is 5.86. The van der Waals surface area contributed by atoms with Gasteiger partial charge < -0.3 is 59.5 Å². The number of benzene rings is 2. The molecule has 0 saturated carbocycles. The summed E-state index contributed by atoms with van der Waals surface area (Å²) in [7, 11) is 0. The van der Waals surface area contributed by atoms with Crippen molar-refractivity contribution in [1.29, 1.82) is 0 Å². The lowest BCUT2D eigenvalue weighted by Gasteiger charge is -2.42. The van der Waals surface area contributed by atoms with E-state index < -0.39 is 72.9 Å². The zero-order chi connectivity index (χ0) is 28.0. The van der Waals surface area contributed by atoms with E-state index in [1.165, 1.54) is 36.4 Å². The molecule has 3 heterocycles. The minimum Gasteiger partial charge on any atom is -0.508 e. The van der Waals surface area contributed by atoms with E-state index in [4.69, 9.17) is 18.6 Å². The van der Waals surface area contributed by atoms with Gasteiger partial charge in [-0.1, -0.05) is 12.1 Å². The van der Waals surface area contributed by atoms with Crippen molar-refractivity contribution in [3.8, 4) is 22.6 Å². The zero-order valence-electron chi connectivity index (χ0n) is 20.3. The van der Waals surface area contributed by atoms with Gasteiger partial charge in [-0.05, 0) is 29.8 Å². The van der Waals surface area contributed by atoms with Gasteiger partial charge in [-0.2, -0.15) is 0 Å². The zero-order valence-corrected chi connectivity index (χ0v) is 20.3. The third kappa shape index (κ3) is 5.00. The predicted molar refractivity (Wildman–Crippen MR) is 131 cm³/mol. The summed E-state index contributed by atoms with van der Waals surface area (Å²) in [5, 5.41) is 81.6. The van der Waals surface area contributed by atoms with E-state index in [2.05, 4.69) is 0 Å². The number of aromatic hydroxyl groups is 2. The van der Waals surface area contributed by atoms with Crippen LogP contribution in [0.2, 0.25) is 0 Å². The topological polar surface area (TPSA) is 220 Å². The largest absolute Gasteiger partial charge is 0.508 e. The molecule has 9 atom stereocenters. The highest BCUT2D eigenvalue weighted by atomic mass is 16.7. The summed E-state index contributed by atoms with van der Waals surface area (Å²) < 4.78 is 22.1. The number of hydrogen-bond acceptors (Lipinski definition) is 13. The van der Waals surface area contributed by atoms with Gasteiger partial charge in [-0.15, -0.1) is 0 Å². The lowest BCUT2D eigenvalue weighted by atomic mass is 9.89. The molecule has 3 aromatic rings. The minimum atomic E-state index is -1.78. The average Bonchev–Trinajstić information content (AvgIpc) is 2.92. The number of aliphatic hydroxyl groups is 6. The van der Waals surface area contributed by atoms with Gasteiger partial charge in [-0.25, -0.2) is 0 Å². The molecule has 0 aliphatic carbocycles. The fourth-order valence-electron chi connectivity index (χ4n) is 4.77. The fourth-order valence-corrected chi connectivity index (χ4v) is 4.77. The van der Waals surface area contributed by atoms with Crippen LogP contribution in [-0.4, -0.2) is 103 Å². The first-order chi connectivity index (χ1) is 18.6. The van der Waals surface area contributed by atoms with Gasteiger partial charge in [0.15, 0.2) is 6.29 Å². The highest BCUT2D eigenvalue weighted by Gasteiger charge is 2.47. The van der Waals surface area contributed by atoms with Crippen LogP contribution in [0.5, 0.6) is 11.5 Å². The van der Waals surface area contributed by atoms with Crippen LogP contribution in [0.25, 0.3) is 22.1 Å². The summed E-state index contributed by atoms with van der Waals surface area (Å²) in [5.74, 6) is -0.407. The summed E-state index contributed by atoms with van der Waals surface area (Å²) in [4.78, 5) is 13.3. The summed E-state index contributed by atoms with van der Waals surface area (Å²) in [6, 6.07) is 8.39. The molecule has 0 unspecified atom stereocenters. The molecular weight excluding hydrogens is 520 g/mol. The van der Waals surface area contributed by atoms with Crippen molar-refractivity contribution >= 4 is 11.0 Å². The van der Waals surface area contributed by atoms with Crippen LogP contribution in [0.1, 0.15) is 11.7 Å². The molecule has 5 rings (SSSR count). The molecule has 39 heavy (non-hydrogen) atoms. The monoisotopic (exact) mass is 548 g/mol. The van der Waals surface area contributed by atoms with Gasteiger partial charge >= 0.3 is 0 Å². The van der Waals surface area contributed by atoms with Gasteiger partial charge in [0.25, 0.3) is 0 Å². The Hall–Kier alpha value is -3.11. The van der Waals surface area contributed by atoms with Crippen molar-refractivity contribution in [2.45, 2.75) is 55.1 Å². The second-order valence-electron chi connectivity index (χ2n) is 9.55. The van der Waals surface area contributed by atoms with Crippen LogP contribution in [-0.2, 0) is 14.2 Å². The normalized spacial score (nSPS) is 33.3. The third-order valence-electron chi connectivity index (χ3n) is 7.01. The Kier molecular flexibility index (Phi) is 7.61. The molecule has 0 bridgehead atoms. The molecule has 0 amide bonds. The summed E-state index contributed by atoms with van der Waals surface area (Å²) in [6.45, 7) is -0.817. The van der Waals surface area contributed by atoms with Crippen molar-refractivity contribution in [2.24, 2.45) is 0 Å². The first-order valence-corrected chi connectivity index (χ1v) is 12.1. The van der Waals surface area contributed by atoms with Gasteiger partial charge in [0, 0.05) is 0 Å². The van der Waals surface area contributed by atoms with Crippen LogP contribution < -0.4 is 5.43 Å². The number of ether oxygens (including phenoxy) is 3. The van der Waals surface area contributed by atoms with E-state index in [0.29, 0.717) is 5.56 Å². The third-order valence-corrected chi connectivity index (χ3v) is 7.01. The van der Waals surface area contributed by atoms with Crippen LogP contribution in [0.15, 0.2) is 51.9 Å². The molecule has 210 valence electrons. The number of aliphatic hydroxyl groups excluding tert-OH is 6. The maximum atomic E-state index is 13.3. The molecule has 13 nitrogen and oxygen atoms in total. The predicted octanol–water partition coefficient (Wildman–Crippen LogP) is -1.15. The Morgan fingerprint density at radius 3 is 2.28 bits per heavy atom. The van der Waals surface area contributed by atoms with Crippen molar-refractivity contribution in [2.75, 3.05) is 13.2 Å². The first kappa shape index (κ1) is 27.5. The van der Waals surface area contributed by atoms with E-state index in [0.717, 1.165) is 6.26 Å². The summed E-state index contributed by atoms with van der Waals surface area (Å²) in [6.07, 6.45) is -12.7. The molecule has 2 aliphatic rings. The second kappa shape index (κ2) is 10.8. The van der Waals surface area contributed by atoms with Crippen molar-refractivity contribution < 1.29 is 59.5 Å². The fraction of sp³-hybridized carbons (Fsp3) is 0.423. The molecule has 13 heteroatoms. The molecule has 0 spiro atoms. The Balaban J connectivity index is 1.45. The van der Waals surface area contributed by atoms with E-state index in [1.807, 2.05) is 0 Å². The SMILES string of the molecule is O=c1c(-c2ccc(O)cc2)coc2c([C@@H]3O[C@H](CO[C@@H]4OC[C@@H](O)[C@H](O)[C@H]4O)[C@@H](O)[C@@H](O)[C@H]3O)c(O)ccc12. The number of hydrogen-bond donors (Lipinski definition) is 8. The smallest absolute Gasteiger partial charge is 0.200 e. The van der Waals surface area contributed by atoms with Gasteiger partial charge in [0.05, 0.1) is 29.7 Å². The Morgan fingerprint density at radius 2 is 1.56 bits per heavy atom. The molecule has 2 saturated heterocycles. The molecule has 2 aromatic carbocycles. The van der Waals surface area contributed by atoms with Gasteiger partial charge in [0.1, 0.15) is 72.2 Å². The van der Waals surface area contributed by atoms with Gasteiger partial charge in [0.2, 0.25) is 5.43 Å². The Labute approximate surface area is 220 Å². The maximum Gasteiger partial charge on any atom is 0.200 e. The van der Waals surface area contributed by atoms with Crippen molar-refractivity contribution in [1.82, 2.24) is 0 Å². The first-order valence-electron chi connectivity index (χ1n) is 12.1. The van der Waals surface area contributed by atoms with Crippen LogP contribution in [0.4, 0.5) is 0 Å². The average molecular weight is 548 g/mol. The van der Waals surface area contributed by atoms with Crippen molar-refractivity contribution in [3.63, 3.8) is 0 Å². The van der Waals surface area contributed by atoms with Crippen LogP contribution in [0.3, 0.4) is 0 Å². The number of phenols is 2. The highest BCUT2D eigenvalue weighted by Crippen LogP contribution is 2.41. The standard InChI is InChI=1S/C26H28O13/c27-11-3-1-10(2-4-11)13-7-36-24-12(18(13)30)5-6-14(28)17(24)25-22(34)21(33)20(32)16(39-25)9-38-26-23(35)19(31)15(29)8-37-26/h1-7,15-16,19-23,25-29,31-35H,8-9H2/t15-,16-,19+,20-,21-,22-,23-,25+,26+/m1/s1. The lowest BCUT2D eigenvalue weighted by Crippen LogP contribution is -2.57. The van der Waals surface area contributed by atoms with E-state index in [9.17, 15) is 45.6 Å². The van der Waals surface area contributed by atoms with Gasteiger partial charge in [-0.3, -0.25) is 4.79 Å². The molecule has 0 radical (unpaired) electrons. The molecule has 8 N–H and O–H groups in total. The number of fused-ring (bicyclic) bond motifs is 1.